The lowest BCUT2D eigenvalue weighted by atomic mass is 10.1. The first kappa shape index (κ1) is 19.4. The molecule has 0 aromatic heterocycles. The van der Waals surface area contributed by atoms with Gasteiger partial charge in [-0.25, -0.2) is 8.42 Å². The lowest BCUT2D eigenvalue weighted by Gasteiger charge is -2.36. The second-order valence-corrected chi connectivity index (χ2v) is 9.07. The molecule has 0 aliphatic carbocycles. The molecule has 144 valence electrons. The second kappa shape index (κ2) is 9.04. The summed E-state index contributed by atoms with van der Waals surface area (Å²) >= 11 is 0. The number of aryl methyl sites for hydroxylation is 1. The van der Waals surface area contributed by atoms with Crippen LogP contribution >= 0.6 is 0 Å². The van der Waals surface area contributed by atoms with Gasteiger partial charge in [-0.05, 0) is 30.5 Å². The van der Waals surface area contributed by atoms with Crippen LogP contribution in [0.5, 0.6) is 0 Å². The summed E-state index contributed by atoms with van der Waals surface area (Å²) in [5.74, 6) is -0.604. The van der Waals surface area contributed by atoms with Crippen molar-refractivity contribution in [2.24, 2.45) is 0 Å². The molecule has 3 rings (SSSR count). The Morgan fingerprint density at radius 1 is 0.852 bits per heavy atom. The number of benzene rings is 2. The largest absolute Gasteiger partial charge is 0.368 e. The predicted octanol–water partition coefficient (Wildman–Crippen LogP) is 2.38. The van der Waals surface area contributed by atoms with E-state index >= 15 is 0 Å². The topological polar surface area (TPSA) is 57.7 Å². The Morgan fingerprint density at radius 2 is 1.44 bits per heavy atom. The van der Waals surface area contributed by atoms with Crippen molar-refractivity contribution in [3.05, 3.63) is 66.2 Å². The van der Waals surface area contributed by atoms with E-state index in [1.165, 1.54) is 0 Å². The van der Waals surface area contributed by atoms with E-state index in [-0.39, 0.29) is 17.4 Å². The van der Waals surface area contributed by atoms with Gasteiger partial charge in [-0.15, -0.1) is 0 Å². The summed E-state index contributed by atoms with van der Waals surface area (Å²) < 4.78 is 24.6. The van der Waals surface area contributed by atoms with Crippen molar-refractivity contribution >= 4 is 21.4 Å². The number of anilines is 1. The van der Waals surface area contributed by atoms with Crippen LogP contribution in [0.15, 0.2) is 60.7 Å². The van der Waals surface area contributed by atoms with Crippen molar-refractivity contribution in [3.8, 4) is 0 Å². The predicted molar refractivity (Wildman–Crippen MR) is 109 cm³/mol. The Kier molecular flexibility index (Phi) is 6.50. The molecule has 5 nitrogen and oxygen atoms in total. The van der Waals surface area contributed by atoms with Crippen molar-refractivity contribution < 1.29 is 13.2 Å². The van der Waals surface area contributed by atoms with Crippen molar-refractivity contribution in [1.82, 2.24) is 4.90 Å². The number of piperazine rings is 1. The highest BCUT2D eigenvalue weighted by molar-refractivity contribution is 7.92. The fourth-order valence-corrected chi connectivity index (χ4v) is 4.63. The van der Waals surface area contributed by atoms with Crippen LogP contribution in [0.4, 0.5) is 5.69 Å². The maximum atomic E-state index is 12.4. The van der Waals surface area contributed by atoms with E-state index in [1.807, 2.05) is 48.5 Å². The van der Waals surface area contributed by atoms with Crippen molar-refractivity contribution in [3.63, 3.8) is 0 Å². The Labute approximate surface area is 161 Å². The Bertz CT molecular complexity index is 830. The number of rotatable bonds is 7. The number of para-hydroxylation sites is 1. The van der Waals surface area contributed by atoms with Gasteiger partial charge < -0.3 is 9.80 Å². The highest BCUT2D eigenvalue weighted by Gasteiger charge is 2.25. The lowest BCUT2D eigenvalue weighted by molar-refractivity contribution is -0.128. The first-order valence-electron chi connectivity index (χ1n) is 9.36. The molecule has 1 saturated heterocycles. The molecule has 1 heterocycles. The van der Waals surface area contributed by atoms with Crippen LogP contribution < -0.4 is 4.90 Å². The number of carbonyl (C=O) groups excluding carboxylic acids is 1. The summed E-state index contributed by atoms with van der Waals surface area (Å²) in [7, 11) is -3.37. The molecule has 2 aromatic carbocycles. The van der Waals surface area contributed by atoms with Crippen LogP contribution in [0, 0.1) is 0 Å². The number of carbonyl (C=O) groups is 1. The summed E-state index contributed by atoms with van der Waals surface area (Å²) in [5, 5.41) is 0. The number of sulfone groups is 1. The van der Waals surface area contributed by atoms with Gasteiger partial charge in [-0.3, -0.25) is 4.79 Å². The van der Waals surface area contributed by atoms with E-state index in [0.717, 1.165) is 24.3 Å². The summed E-state index contributed by atoms with van der Waals surface area (Å²) in [6.45, 7) is 2.58. The maximum absolute atomic E-state index is 12.4. The first-order chi connectivity index (χ1) is 13.0. The van der Waals surface area contributed by atoms with E-state index in [2.05, 4.69) is 17.0 Å². The Balaban J connectivity index is 1.44. The molecule has 0 N–H and O–H groups in total. The third-order valence-electron chi connectivity index (χ3n) is 4.86. The molecule has 2 aromatic rings. The minimum Gasteiger partial charge on any atom is -0.368 e. The lowest BCUT2D eigenvalue weighted by Crippen LogP contribution is -2.50. The second-order valence-electron chi connectivity index (χ2n) is 6.88. The molecule has 6 heteroatoms. The molecule has 0 atom stereocenters. The quantitative estimate of drug-likeness (QED) is 0.733. The smallest absolute Gasteiger partial charge is 0.237 e. The van der Waals surface area contributed by atoms with Crippen LogP contribution in [-0.2, 0) is 21.1 Å². The summed E-state index contributed by atoms with van der Waals surface area (Å²) in [4.78, 5) is 16.3. The van der Waals surface area contributed by atoms with Gasteiger partial charge >= 0.3 is 0 Å². The van der Waals surface area contributed by atoms with Gasteiger partial charge in [0, 0.05) is 31.9 Å². The number of hydrogen-bond acceptors (Lipinski definition) is 4. The van der Waals surface area contributed by atoms with Gasteiger partial charge in [-0.1, -0.05) is 48.5 Å². The summed E-state index contributed by atoms with van der Waals surface area (Å²) in [6.07, 6.45) is 1.26. The molecule has 1 amide bonds. The number of amides is 1. The molecule has 0 spiro atoms. The molecule has 0 bridgehead atoms. The van der Waals surface area contributed by atoms with Crippen LogP contribution in [-0.4, -0.2) is 56.9 Å². The van der Waals surface area contributed by atoms with Gasteiger partial charge in [0.2, 0.25) is 5.91 Å². The average Bonchev–Trinajstić information content (AvgIpc) is 2.69. The minimum atomic E-state index is -3.37. The monoisotopic (exact) mass is 386 g/mol. The van der Waals surface area contributed by atoms with Gasteiger partial charge in [-0.2, -0.15) is 0 Å². The third kappa shape index (κ3) is 5.82. The van der Waals surface area contributed by atoms with Crippen LogP contribution in [0.3, 0.4) is 0 Å². The number of nitrogens with zero attached hydrogens (tertiary/aromatic N) is 2. The van der Waals surface area contributed by atoms with Crippen LogP contribution in [0.2, 0.25) is 0 Å². The van der Waals surface area contributed by atoms with E-state index in [0.29, 0.717) is 25.9 Å². The zero-order valence-corrected chi connectivity index (χ0v) is 16.3. The molecular weight excluding hydrogens is 360 g/mol. The van der Waals surface area contributed by atoms with Gasteiger partial charge in [0.1, 0.15) is 5.75 Å². The molecule has 0 unspecified atom stereocenters. The first-order valence-corrected chi connectivity index (χ1v) is 11.2. The fourth-order valence-electron chi connectivity index (χ4n) is 3.35. The average molecular weight is 387 g/mol. The zero-order chi connectivity index (χ0) is 19.1. The Morgan fingerprint density at radius 3 is 2.07 bits per heavy atom. The molecule has 1 aliphatic heterocycles. The normalized spacial score (nSPS) is 15.0. The SMILES string of the molecule is O=C(CS(=O)(=O)CCCc1ccccc1)N1CCN(c2ccccc2)CC1. The van der Waals surface area contributed by atoms with Crippen molar-refractivity contribution in [2.75, 3.05) is 42.6 Å². The minimum absolute atomic E-state index is 0.0532. The van der Waals surface area contributed by atoms with Crippen LogP contribution in [0.1, 0.15) is 12.0 Å². The molecule has 1 fully saturated rings. The molecular formula is C21H26N2O3S. The van der Waals surface area contributed by atoms with Crippen LogP contribution in [0.25, 0.3) is 0 Å². The van der Waals surface area contributed by atoms with E-state index in [4.69, 9.17) is 0 Å². The summed E-state index contributed by atoms with van der Waals surface area (Å²) in [5.41, 5.74) is 2.26. The van der Waals surface area contributed by atoms with E-state index in [9.17, 15) is 13.2 Å². The van der Waals surface area contributed by atoms with Gasteiger partial charge in [0.25, 0.3) is 0 Å². The molecule has 0 saturated carbocycles. The number of hydrogen-bond donors (Lipinski definition) is 0. The van der Waals surface area contributed by atoms with Gasteiger partial charge in [0.15, 0.2) is 9.84 Å². The highest BCUT2D eigenvalue weighted by atomic mass is 32.2. The fraction of sp³-hybridized carbons (Fsp3) is 0.381. The van der Waals surface area contributed by atoms with E-state index in [1.54, 1.807) is 4.90 Å². The maximum Gasteiger partial charge on any atom is 0.237 e. The third-order valence-corrected chi connectivity index (χ3v) is 6.46. The van der Waals surface area contributed by atoms with Gasteiger partial charge in [0.05, 0.1) is 5.75 Å². The summed E-state index contributed by atoms with van der Waals surface area (Å²) in [6, 6.07) is 19.9. The molecule has 27 heavy (non-hydrogen) atoms. The molecule has 1 aliphatic rings. The van der Waals surface area contributed by atoms with Crippen molar-refractivity contribution in [2.45, 2.75) is 12.8 Å². The molecule has 0 radical (unpaired) electrons. The van der Waals surface area contributed by atoms with Crippen molar-refractivity contribution in [1.29, 1.82) is 0 Å². The van der Waals surface area contributed by atoms with E-state index < -0.39 is 9.84 Å². The zero-order valence-electron chi connectivity index (χ0n) is 15.5. The Hall–Kier alpha value is -2.34. The highest BCUT2D eigenvalue weighted by Crippen LogP contribution is 2.16. The standard InChI is InChI=1S/C21H26N2O3S/c24-21(18-27(25,26)17-7-10-19-8-3-1-4-9-19)23-15-13-22(14-16-23)20-11-5-2-6-12-20/h1-6,8-9,11-12H,7,10,13-18H2.